The molecule has 1 fully saturated rings. The van der Waals surface area contributed by atoms with E-state index in [1.165, 1.54) is 5.56 Å². The third-order valence-corrected chi connectivity index (χ3v) is 3.47. The molecule has 1 aliphatic rings. The average molecular weight is 262 g/mol. The van der Waals surface area contributed by atoms with Gasteiger partial charge >= 0.3 is 0 Å². The fraction of sp³-hybridized carbons (Fsp3) is 0.533. The maximum absolute atomic E-state index is 12.4. The topological polar surface area (TPSA) is 41.6 Å². The van der Waals surface area contributed by atoms with Gasteiger partial charge in [-0.1, -0.05) is 17.7 Å². The molecule has 1 amide bonds. The third-order valence-electron chi connectivity index (χ3n) is 3.47. The first kappa shape index (κ1) is 13.9. The van der Waals surface area contributed by atoms with Crippen LogP contribution in [0.25, 0.3) is 0 Å². The molecular weight excluding hydrogens is 240 g/mol. The Morgan fingerprint density at radius 2 is 2.11 bits per heavy atom. The number of nitrogens with zero attached hydrogens (tertiary/aromatic N) is 1. The van der Waals surface area contributed by atoms with E-state index < -0.39 is 6.10 Å². The van der Waals surface area contributed by atoms with Crippen LogP contribution in [0.3, 0.4) is 0 Å². The molecule has 2 atom stereocenters. The highest BCUT2D eigenvalue weighted by Crippen LogP contribution is 2.15. The average Bonchev–Trinajstić information content (AvgIpc) is 2.41. The second-order valence-electron chi connectivity index (χ2n) is 5.16. The summed E-state index contributed by atoms with van der Waals surface area (Å²) in [5, 5.41) is 3.28. The van der Waals surface area contributed by atoms with Crippen molar-refractivity contribution in [2.75, 3.05) is 19.6 Å². The van der Waals surface area contributed by atoms with Gasteiger partial charge in [-0.05, 0) is 32.9 Å². The van der Waals surface area contributed by atoms with Crippen molar-refractivity contribution in [2.45, 2.75) is 32.9 Å². The molecule has 0 saturated carbocycles. The fourth-order valence-electron chi connectivity index (χ4n) is 2.27. The number of benzene rings is 1. The van der Waals surface area contributed by atoms with Crippen LogP contribution >= 0.6 is 0 Å². The zero-order valence-corrected chi connectivity index (χ0v) is 11.8. The highest BCUT2D eigenvalue weighted by molar-refractivity contribution is 5.81. The van der Waals surface area contributed by atoms with E-state index in [4.69, 9.17) is 4.74 Å². The van der Waals surface area contributed by atoms with Gasteiger partial charge in [-0.15, -0.1) is 0 Å². The fourth-order valence-corrected chi connectivity index (χ4v) is 2.27. The van der Waals surface area contributed by atoms with Crippen LogP contribution in [0.1, 0.15) is 19.4 Å². The lowest BCUT2D eigenvalue weighted by molar-refractivity contribution is -0.140. The molecule has 2 rings (SSSR count). The number of nitrogens with one attached hydrogen (secondary N) is 1. The van der Waals surface area contributed by atoms with E-state index in [1.807, 2.05) is 43.0 Å². The molecule has 1 aliphatic heterocycles. The number of rotatable bonds is 3. The largest absolute Gasteiger partial charge is 0.481 e. The number of hydrogen-bond donors (Lipinski definition) is 1. The number of ether oxygens (including phenoxy) is 1. The lowest BCUT2D eigenvalue weighted by Gasteiger charge is -2.35. The lowest BCUT2D eigenvalue weighted by atomic mass is 10.2. The zero-order chi connectivity index (χ0) is 13.8. The Kier molecular flexibility index (Phi) is 4.43. The Balaban J connectivity index is 1.96. The summed E-state index contributed by atoms with van der Waals surface area (Å²) < 4.78 is 5.72. The molecule has 1 N–H and O–H groups in total. The highest BCUT2D eigenvalue weighted by Gasteiger charge is 2.27. The van der Waals surface area contributed by atoms with Crippen molar-refractivity contribution in [1.82, 2.24) is 10.2 Å². The summed E-state index contributed by atoms with van der Waals surface area (Å²) in [6.07, 6.45) is -0.441. The first-order chi connectivity index (χ1) is 9.08. The summed E-state index contributed by atoms with van der Waals surface area (Å²) in [4.78, 5) is 14.3. The quantitative estimate of drug-likeness (QED) is 0.899. The van der Waals surface area contributed by atoms with Crippen molar-refractivity contribution in [2.24, 2.45) is 0 Å². The molecule has 0 aromatic heterocycles. The van der Waals surface area contributed by atoms with E-state index in [0.717, 1.165) is 25.4 Å². The van der Waals surface area contributed by atoms with Gasteiger partial charge in [-0.3, -0.25) is 4.79 Å². The van der Waals surface area contributed by atoms with E-state index in [1.54, 1.807) is 0 Å². The van der Waals surface area contributed by atoms with Crippen LogP contribution in [0.2, 0.25) is 0 Å². The minimum Gasteiger partial charge on any atom is -0.481 e. The van der Waals surface area contributed by atoms with Crippen molar-refractivity contribution in [3.63, 3.8) is 0 Å². The molecule has 1 aromatic rings. The normalized spacial score (nSPS) is 21.0. The van der Waals surface area contributed by atoms with Crippen LogP contribution in [0.15, 0.2) is 24.3 Å². The van der Waals surface area contributed by atoms with Crippen LogP contribution in [0, 0.1) is 6.92 Å². The summed E-state index contributed by atoms with van der Waals surface area (Å²) in [5.74, 6) is 0.809. The first-order valence-corrected chi connectivity index (χ1v) is 6.82. The summed E-state index contributed by atoms with van der Waals surface area (Å²) in [7, 11) is 0. The van der Waals surface area contributed by atoms with Crippen molar-refractivity contribution in [1.29, 1.82) is 0 Å². The van der Waals surface area contributed by atoms with Crippen LogP contribution in [0.4, 0.5) is 0 Å². The van der Waals surface area contributed by atoms with Gasteiger partial charge in [0.2, 0.25) is 0 Å². The first-order valence-electron chi connectivity index (χ1n) is 6.82. The molecule has 1 saturated heterocycles. The molecule has 4 nitrogen and oxygen atoms in total. The number of carbonyl (C=O) groups excluding carboxylic acids is 1. The lowest BCUT2D eigenvalue weighted by Crippen LogP contribution is -2.55. The minimum absolute atomic E-state index is 0.0644. The minimum atomic E-state index is -0.441. The van der Waals surface area contributed by atoms with Gasteiger partial charge in [0.1, 0.15) is 5.75 Å². The van der Waals surface area contributed by atoms with Gasteiger partial charge < -0.3 is 15.0 Å². The molecule has 0 aliphatic carbocycles. The van der Waals surface area contributed by atoms with Crippen molar-refractivity contribution >= 4 is 5.91 Å². The number of hydrogen-bond acceptors (Lipinski definition) is 3. The number of aryl methyl sites for hydroxylation is 1. The summed E-state index contributed by atoms with van der Waals surface area (Å²) in [6.45, 7) is 8.36. The Bertz CT molecular complexity index is 430. The number of amides is 1. The molecule has 1 aromatic carbocycles. The predicted molar refractivity (Wildman–Crippen MR) is 75.3 cm³/mol. The van der Waals surface area contributed by atoms with Crippen molar-refractivity contribution in [3.05, 3.63) is 29.8 Å². The van der Waals surface area contributed by atoms with Crippen molar-refractivity contribution in [3.8, 4) is 5.75 Å². The van der Waals surface area contributed by atoms with Crippen LogP contribution in [-0.2, 0) is 4.79 Å². The van der Waals surface area contributed by atoms with Crippen LogP contribution in [-0.4, -0.2) is 42.6 Å². The molecule has 0 radical (unpaired) electrons. The molecule has 1 unspecified atom stereocenters. The molecular formula is C15H22N2O2. The Labute approximate surface area is 114 Å². The molecule has 0 spiro atoms. The van der Waals surface area contributed by atoms with E-state index in [-0.39, 0.29) is 11.9 Å². The van der Waals surface area contributed by atoms with Gasteiger partial charge in [0, 0.05) is 25.7 Å². The zero-order valence-electron chi connectivity index (χ0n) is 11.8. The van der Waals surface area contributed by atoms with Gasteiger partial charge in [0.25, 0.3) is 5.91 Å². The Morgan fingerprint density at radius 1 is 1.42 bits per heavy atom. The van der Waals surface area contributed by atoms with E-state index >= 15 is 0 Å². The van der Waals surface area contributed by atoms with Gasteiger partial charge in [-0.25, -0.2) is 0 Å². The Hall–Kier alpha value is -1.55. The second-order valence-corrected chi connectivity index (χ2v) is 5.16. The number of piperazine rings is 1. The summed E-state index contributed by atoms with van der Waals surface area (Å²) in [5.41, 5.74) is 1.18. The van der Waals surface area contributed by atoms with Gasteiger partial charge in [0.05, 0.1) is 0 Å². The maximum atomic E-state index is 12.4. The molecule has 19 heavy (non-hydrogen) atoms. The monoisotopic (exact) mass is 262 g/mol. The third kappa shape index (κ3) is 3.47. The summed E-state index contributed by atoms with van der Waals surface area (Å²) in [6, 6.07) is 8.01. The highest BCUT2D eigenvalue weighted by atomic mass is 16.5. The van der Waals surface area contributed by atoms with E-state index in [9.17, 15) is 4.79 Å². The molecule has 104 valence electrons. The predicted octanol–water partition coefficient (Wildman–Crippen LogP) is 1.58. The van der Waals surface area contributed by atoms with Gasteiger partial charge in [0.15, 0.2) is 6.10 Å². The van der Waals surface area contributed by atoms with E-state index in [2.05, 4.69) is 12.2 Å². The van der Waals surface area contributed by atoms with Crippen LogP contribution in [0.5, 0.6) is 5.75 Å². The molecule has 4 heteroatoms. The van der Waals surface area contributed by atoms with E-state index in [0.29, 0.717) is 0 Å². The van der Waals surface area contributed by atoms with Crippen LogP contribution < -0.4 is 10.1 Å². The van der Waals surface area contributed by atoms with Gasteiger partial charge in [-0.2, -0.15) is 0 Å². The standard InChI is InChI=1S/C15H22N2O2/c1-11-4-6-14(7-5-11)19-13(3)15(18)17-9-8-16-10-12(17)2/h4-7,12-13,16H,8-10H2,1-3H3/t12-,13?/m1/s1. The van der Waals surface area contributed by atoms with Crippen molar-refractivity contribution < 1.29 is 9.53 Å². The molecule has 0 bridgehead atoms. The SMILES string of the molecule is Cc1ccc(OC(C)C(=O)N2CCNC[C@H]2C)cc1. The number of carbonyl (C=O) groups is 1. The summed E-state index contributed by atoms with van der Waals surface area (Å²) >= 11 is 0. The smallest absolute Gasteiger partial charge is 0.263 e. The maximum Gasteiger partial charge on any atom is 0.263 e. The second kappa shape index (κ2) is 6.06. The Morgan fingerprint density at radius 3 is 2.74 bits per heavy atom. The molecule has 1 heterocycles.